The Morgan fingerprint density at radius 3 is 2.76 bits per heavy atom. The molecule has 0 radical (unpaired) electrons. The number of halogens is 3. The maximum absolute atomic E-state index is 13.1. The van der Waals surface area contributed by atoms with Crippen molar-refractivity contribution in [2.45, 2.75) is 31.5 Å². The van der Waals surface area contributed by atoms with Crippen molar-refractivity contribution in [2.75, 3.05) is 0 Å². The van der Waals surface area contributed by atoms with Crippen molar-refractivity contribution >= 4 is 0 Å². The molecule has 0 N–H and O–H groups in total. The third-order valence-corrected chi connectivity index (χ3v) is 3.79. The largest absolute Gasteiger partial charge is 0.461 e. The number of furan rings is 1. The highest BCUT2D eigenvalue weighted by molar-refractivity contribution is 5.44. The van der Waals surface area contributed by atoms with E-state index in [9.17, 15) is 18.0 Å². The summed E-state index contributed by atoms with van der Waals surface area (Å²) in [4.78, 5) is 16.1. The number of nitrogens with zero attached hydrogens (tertiary/aromatic N) is 4. The van der Waals surface area contributed by atoms with Gasteiger partial charge in [-0.2, -0.15) is 23.3 Å². The molecule has 3 aromatic heterocycles. The fourth-order valence-corrected chi connectivity index (χ4v) is 2.40. The molecule has 0 aromatic carbocycles. The van der Waals surface area contributed by atoms with Crippen LogP contribution in [0.4, 0.5) is 13.2 Å². The van der Waals surface area contributed by atoms with E-state index in [-0.39, 0.29) is 29.9 Å². The molecule has 0 atom stereocenters. The van der Waals surface area contributed by atoms with E-state index < -0.39 is 17.3 Å². The molecular formula is C15H11F3N4O3. The van der Waals surface area contributed by atoms with Crippen LogP contribution in [0.2, 0.25) is 0 Å². The van der Waals surface area contributed by atoms with Crippen molar-refractivity contribution in [3.63, 3.8) is 0 Å². The first-order valence-electron chi connectivity index (χ1n) is 7.47. The Balaban J connectivity index is 1.70. The van der Waals surface area contributed by atoms with Gasteiger partial charge in [0.2, 0.25) is 11.7 Å². The Hall–Kier alpha value is -2.91. The van der Waals surface area contributed by atoms with Crippen LogP contribution in [0.25, 0.3) is 11.6 Å². The molecule has 130 valence electrons. The van der Waals surface area contributed by atoms with Crippen molar-refractivity contribution in [1.82, 2.24) is 19.9 Å². The molecular weight excluding hydrogens is 341 g/mol. The van der Waals surface area contributed by atoms with Gasteiger partial charge in [-0.1, -0.05) is 5.16 Å². The predicted octanol–water partition coefficient (Wildman–Crippen LogP) is 2.83. The van der Waals surface area contributed by atoms with E-state index in [1.807, 2.05) is 0 Å². The van der Waals surface area contributed by atoms with Gasteiger partial charge in [0.15, 0.2) is 5.76 Å². The van der Waals surface area contributed by atoms with Crippen LogP contribution >= 0.6 is 0 Å². The summed E-state index contributed by atoms with van der Waals surface area (Å²) in [6.45, 7) is -0.351. The minimum absolute atomic E-state index is 0.0397. The van der Waals surface area contributed by atoms with Gasteiger partial charge < -0.3 is 8.94 Å². The molecule has 1 fully saturated rings. The molecule has 0 spiro atoms. The summed E-state index contributed by atoms with van der Waals surface area (Å²) < 4.78 is 50.2. The maximum Gasteiger partial charge on any atom is 0.421 e. The average Bonchev–Trinajstić information content (AvgIpc) is 3.06. The maximum atomic E-state index is 13.1. The molecule has 0 aliphatic heterocycles. The van der Waals surface area contributed by atoms with E-state index in [1.54, 1.807) is 12.1 Å². The summed E-state index contributed by atoms with van der Waals surface area (Å²) in [5.41, 5.74) is -2.23. The zero-order valence-electron chi connectivity index (χ0n) is 12.7. The fraction of sp³-hybridized carbons (Fsp3) is 0.333. The van der Waals surface area contributed by atoms with Gasteiger partial charge in [0.25, 0.3) is 5.56 Å². The molecule has 1 aliphatic rings. The van der Waals surface area contributed by atoms with E-state index in [4.69, 9.17) is 8.94 Å². The second kappa shape index (κ2) is 5.57. The number of alkyl halides is 3. The molecule has 0 bridgehead atoms. The highest BCUT2D eigenvalue weighted by Gasteiger charge is 2.37. The van der Waals surface area contributed by atoms with E-state index in [2.05, 4.69) is 15.2 Å². The van der Waals surface area contributed by atoms with Crippen molar-refractivity contribution in [2.24, 2.45) is 0 Å². The van der Waals surface area contributed by atoms with Crippen LogP contribution in [0.3, 0.4) is 0 Å². The lowest BCUT2D eigenvalue weighted by atomic mass is 10.2. The molecule has 0 amide bonds. The van der Waals surface area contributed by atoms with Gasteiger partial charge in [0, 0.05) is 5.92 Å². The standard InChI is InChI=1S/C15H11F3N4O3/c16-15(17,18)9-6-10(8-3-4-8)20-22(14(9)23)7-12-19-13(21-25-12)11-2-1-5-24-11/h1-2,5-6,8H,3-4,7H2. The van der Waals surface area contributed by atoms with Crippen molar-refractivity contribution in [3.05, 3.63) is 52.0 Å². The second-order valence-corrected chi connectivity index (χ2v) is 5.71. The summed E-state index contributed by atoms with van der Waals surface area (Å²) in [7, 11) is 0. The van der Waals surface area contributed by atoms with Crippen LogP contribution in [-0.2, 0) is 12.7 Å². The molecule has 3 heterocycles. The van der Waals surface area contributed by atoms with Crippen molar-refractivity contribution in [1.29, 1.82) is 0 Å². The average molecular weight is 352 g/mol. The Morgan fingerprint density at radius 1 is 1.32 bits per heavy atom. The molecule has 25 heavy (non-hydrogen) atoms. The van der Waals surface area contributed by atoms with Crippen molar-refractivity contribution in [3.8, 4) is 11.6 Å². The van der Waals surface area contributed by atoms with Crippen LogP contribution in [0.1, 0.15) is 35.9 Å². The van der Waals surface area contributed by atoms with E-state index in [0.29, 0.717) is 5.76 Å². The van der Waals surface area contributed by atoms with Crippen LogP contribution in [0, 0.1) is 0 Å². The van der Waals surface area contributed by atoms with Gasteiger partial charge in [-0.25, -0.2) is 4.68 Å². The van der Waals surface area contributed by atoms with Gasteiger partial charge in [-0.05, 0) is 31.0 Å². The molecule has 10 heteroatoms. The first-order valence-corrected chi connectivity index (χ1v) is 7.47. The molecule has 0 saturated heterocycles. The molecule has 0 unspecified atom stereocenters. The monoisotopic (exact) mass is 352 g/mol. The summed E-state index contributed by atoms with van der Waals surface area (Å²) in [6.07, 6.45) is -1.82. The van der Waals surface area contributed by atoms with E-state index >= 15 is 0 Å². The van der Waals surface area contributed by atoms with Gasteiger partial charge in [0.1, 0.15) is 12.1 Å². The first kappa shape index (κ1) is 15.6. The first-order chi connectivity index (χ1) is 11.9. The Kier molecular flexibility index (Phi) is 3.48. The van der Waals surface area contributed by atoms with Gasteiger partial charge in [-0.15, -0.1) is 0 Å². The summed E-state index contributed by atoms with van der Waals surface area (Å²) in [5, 5.41) is 7.71. The zero-order valence-corrected chi connectivity index (χ0v) is 12.7. The zero-order chi connectivity index (χ0) is 17.6. The highest BCUT2D eigenvalue weighted by Crippen LogP contribution is 2.40. The minimum atomic E-state index is -4.75. The van der Waals surface area contributed by atoms with Crippen molar-refractivity contribution < 1.29 is 22.1 Å². The SMILES string of the molecule is O=c1c(C(F)(F)F)cc(C2CC2)nn1Cc1nc(-c2ccco2)no1. The quantitative estimate of drug-likeness (QED) is 0.718. The third kappa shape index (κ3) is 3.06. The Labute approximate surface area is 138 Å². The van der Waals surface area contributed by atoms with E-state index in [0.717, 1.165) is 23.6 Å². The van der Waals surface area contributed by atoms with Crippen LogP contribution < -0.4 is 5.56 Å². The normalized spacial score (nSPS) is 14.8. The molecule has 7 nitrogen and oxygen atoms in total. The van der Waals surface area contributed by atoms with Gasteiger partial charge in [0.05, 0.1) is 12.0 Å². The fourth-order valence-electron chi connectivity index (χ4n) is 2.40. The second-order valence-electron chi connectivity index (χ2n) is 5.71. The lowest BCUT2D eigenvalue weighted by molar-refractivity contribution is -0.139. The Bertz CT molecular complexity index is 955. The highest BCUT2D eigenvalue weighted by atomic mass is 19.4. The predicted molar refractivity (Wildman–Crippen MR) is 76.6 cm³/mol. The lowest BCUT2D eigenvalue weighted by Crippen LogP contribution is -2.31. The number of hydrogen-bond donors (Lipinski definition) is 0. The third-order valence-electron chi connectivity index (χ3n) is 3.79. The number of rotatable bonds is 4. The summed E-state index contributed by atoms with van der Waals surface area (Å²) >= 11 is 0. The molecule has 3 aromatic rings. The van der Waals surface area contributed by atoms with Gasteiger partial charge >= 0.3 is 6.18 Å². The number of hydrogen-bond acceptors (Lipinski definition) is 6. The summed E-state index contributed by atoms with van der Waals surface area (Å²) in [5.74, 6) is 0.400. The molecule has 4 rings (SSSR count). The summed E-state index contributed by atoms with van der Waals surface area (Å²) in [6, 6.07) is 4.07. The minimum Gasteiger partial charge on any atom is -0.461 e. The topological polar surface area (TPSA) is 87.0 Å². The molecule has 1 saturated carbocycles. The van der Waals surface area contributed by atoms with Gasteiger partial charge in [-0.3, -0.25) is 4.79 Å². The molecule has 1 aliphatic carbocycles. The Morgan fingerprint density at radius 2 is 2.12 bits per heavy atom. The lowest BCUT2D eigenvalue weighted by Gasteiger charge is -2.11. The van der Waals surface area contributed by atoms with Crippen LogP contribution in [0.5, 0.6) is 0 Å². The number of aromatic nitrogens is 4. The van der Waals surface area contributed by atoms with Crippen LogP contribution in [0.15, 0.2) is 38.2 Å². The van der Waals surface area contributed by atoms with Crippen LogP contribution in [-0.4, -0.2) is 19.9 Å². The smallest absolute Gasteiger partial charge is 0.421 e. The van der Waals surface area contributed by atoms with E-state index in [1.165, 1.54) is 6.26 Å².